The number of unbranched alkanes of at least 4 members (excludes halogenated alkanes) is 3. The molecule has 49 heavy (non-hydrogen) atoms. The third-order valence-corrected chi connectivity index (χ3v) is 13.7. The summed E-state index contributed by atoms with van der Waals surface area (Å²) >= 11 is 0. The molecule has 1 aliphatic carbocycles. The van der Waals surface area contributed by atoms with Crippen LogP contribution in [0.5, 0.6) is 11.5 Å². The van der Waals surface area contributed by atoms with E-state index >= 15 is 0 Å². The molecule has 4 nitrogen and oxygen atoms in total. The van der Waals surface area contributed by atoms with E-state index in [1.54, 1.807) is 0 Å². The molecule has 3 heterocycles. The van der Waals surface area contributed by atoms with Gasteiger partial charge < -0.3 is 9.47 Å². The largest absolute Gasteiger partial charge is 0.704 e. The minimum atomic E-state index is -0.966. The Morgan fingerprint density at radius 1 is 0.653 bits per heavy atom. The van der Waals surface area contributed by atoms with E-state index in [2.05, 4.69) is 127 Å². The Morgan fingerprint density at radius 3 is 1.63 bits per heavy atom. The quantitative estimate of drug-likeness (QED) is 0.0906. The highest BCUT2D eigenvalue weighted by molar-refractivity contribution is 7.73. The van der Waals surface area contributed by atoms with Gasteiger partial charge in [0.05, 0.1) is 11.1 Å². The third-order valence-electron chi connectivity index (χ3n) is 11.1. The molecule has 2 fully saturated rings. The first-order valence-electron chi connectivity index (χ1n) is 18.8. The molecule has 0 bridgehead atoms. The van der Waals surface area contributed by atoms with Gasteiger partial charge in [-0.2, -0.15) is 0 Å². The maximum atomic E-state index is 7.17. The second-order valence-corrected chi connectivity index (χ2v) is 17.0. The van der Waals surface area contributed by atoms with Crippen molar-refractivity contribution in [2.75, 3.05) is 6.16 Å². The fraction of sp³-hybridized carbons (Fsp3) is 0.409. The minimum absolute atomic E-state index is 0.349. The molecule has 3 unspecified atom stereocenters. The summed E-state index contributed by atoms with van der Waals surface area (Å²) in [5, 5.41) is 2.95. The highest BCUT2D eigenvalue weighted by Crippen LogP contribution is 2.46. The lowest BCUT2D eigenvalue weighted by Gasteiger charge is -2.29. The molecule has 0 N–H and O–H groups in total. The standard InChI is InChI=1S/C44H51N2O2P/c1-4-5-8-17-34-26-32(2)42-36(28-34)30-45-40-23-13-14-24-41(40)46-31-37-29-35(27-33(3)43(37)48-44(45,46)47-42)18-15-16-25-49(38-19-9-6-10-20-38)39-21-11-7-12-22-39/h6-7,9-12,19-22,26-31,40-41H,4-5,8,13-18,23-25H2,1-3H3/q+2. The number of hydrogen-bond acceptors (Lipinski definition) is 2. The van der Waals surface area contributed by atoms with Crippen LogP contribution in [0.2, 0.25) is 0 Å². The Balaban J connectivity index is 1.05. The summed E-state index contributed by atoms with van der Waals surface area (Å²) in [7, 11) is -0.349. The maximum absolute atomic E-state index is 7.17. The molecule has 4 aromatic carbocycles. The summed E-state index contributed by atoms with van der Waals surface area (Å²) in [6, 6.07) is 31.5. The molecule has 4 aromatic rings. The average Bonchev–Trinajstić information content (AvgIpc) is 3.40. The second kappa shape index (κ2) is 13.9. The van der Waals surface area contributed by atoms with Gasteiger partial charge in [0.15, 0.2) is 23.9 Å². The molecule has 1 saturated heterocycles. The third kappa shape index (κ3) is 6.16. The van der Waals surface area contributed by atoms with Gasteiger partial charge in [-0.05, 0) is 118 Å². The van der Waals surface area contributed by atoms with Gasteiger partial charge in [-0.15, -0.1) is 0 Å². The lowest BCUT2D eigenvalue weighted by atomic mass is 9.91. The van der Waals surface area contributed by atoms with Crippen LogP contribution >= 0.6 is 7.92 Å². The van der Waals surface area contributed by atoms with Crippen molar-refractivity contribution in [1.82, 2.24) is 0 Å². The number of ether oxygens (including phenoxy) is 2. The van der Waals surface area contributed by atoms with Crippen LogP contribution in [-0.2, 0) is 12.8 Å². The summed E-state index contributed by atoms with van der Waals surface area (Å²) in [6.07, 6.45) is 19.2. The van der Waals surface area contributed by atoms with E-state index in [0.29, 0.717) is 12.1 Å². The average molecular weight is 671 g/mol. The first-order valence-corrected chi connectivity index (χ1v) is 20.4. The van der Waals surface area contributed by atoms with E-state index in [4.69, 9.17) is 9.47 Å². The van der Waals surface area contributed by atoms with Crippen LogP contribution < -0.4 is 20.1 Å². The van der Waals surface area contributed by atoms with E-state index in [1.165, 1.54) is 102 Å². The van der Waals surface area contributed by atoms with Gasteiger partial charge in [-0.25, -0.2) is 0 Å². The van der Waals surface area contributed by atoms with E-state index in [-0.39, 0.29) is 7.92 Å². The van der Waals surface area contributed by atoms with Crippen LogP contribution in [0.15, 0.2) is 84.9 Å². The topological polar surface area (TPSA) is 24.5 Å². The Bertz CT molecular complexity index is 1840. The lowest BCUT2D eigenvalue weighted by molar-refractivity contribution is -0.866. The summed E-state index contributed by atoms with van der Waals surface area (Å²) in [6.45, 7) is 6.69. The van der Waals surface area contributed by atoms with Crippen molar-refractivity contribution in [2.24, 2.45) is 0 Å². The summed E-state index contributed by atoms with van der Waals surface area (Å²) < 4.78 is 19.2. The Labute approximate surface area is 294 Å². The van der Waals surface area contributed by atoms with Gasteiger partial charge in [0.1, 0.15) is 0 Å². The molecule has 5 heteroatoms. The Hall–Kier alpha value is -3.75. The van der Waals surface area contributed by atoms with Crippen LogP contribution in [0.25, 0.3) is 0 Å². The molecular formula is C44H51N2O2P+2. The monoisotopic (exact) mass is 670 g/mol. The van der Waals surface area contributed by atoms with Gasteiger partial charge in [-0.3, -0.25) is 0 Å². The molecule has 252 valence electrons. The van der Waals surface area contributed by atoms with E-state index in [0.717, 1.165) is 30.8 Å². The molecule has 8 rings (SSSR count). The number of nitrogens with zero attached hydrogens (tertiary/aromatic N) is 2. The SMILES string of the molecule is CCCCCc1cc(C)c2c(c1)C=[N+]1C3CCCCC3[N+]3=Cc4cc(CCCCP(c5ccccc5)c5ccccc5)cc(C)c4OC13O2. The zero-order valence-corrected chi connectivity index (χ0v) is 30.4. The predicted octanol–water partition coefficient (Wildman–Crippen LogP) is 8.78. The molecule has 1 spiro atoms. The summed E-state index contributed by atoms with van der Waals surface area (Å²) in [5.74, 6) is 1.93. The number of fused-ring (bicyclic) bond motifs is 5. The summed E-state index contributed by atoms with van der Waals surface area (Å²) in [4.78, 5) is 0. The van der Waals surface area contributed by atoms with Crippen molar-refractivity contribution < 1.29 is 18.6 Å². The van der Waals surface area contributed by atoms with Crippen LogP contribution in [-0.4, -0.2) is 45.9 Å². The molecule has 0 aromatic heterocycles. The molecule has 0 amide bonds. The number of benzene rings is 4. The number of rotatable bonds is 11. The lowest BCUT2D eigenvalue weighted by Crippen LogP contribution is -2.60. The zero-order chi connectivity index (χ0) is 33.4. The molecular weight excluding hydrogens is 619 g/mol. The second-order valence-electron chi connectivity index (χ2n) is 14.6. The van der Waals surface area contributed by atoms with Gasteiger partial charge >= 0.3 is 6.03 Å². The first kappa shape index (κ1) is 32.5. The van der Waals surface area contributed by atoms with Gasteiger partial charge in [0.25, 0.3) is 0 Å². The predicted molar refractivity (Wildman–Crippen MR) is 203 cm³/mol. The Kier molecular flexibility index (Phi) is 9.19. The molecule has 3 atom stereocenters. The Morgan fingerprint density at radius 2 is 1.14 bits per heavy atom. The normalized spacial score (nSPS) is 21.7. The molecule has 3 aliphatic heterocycles. The van der Waals surface area contributed by atoms with Crippen LogP contribution in [0.4, 0.5) is 0 Å². The van der Waals surface area contributed by atoms with Crippen molar-refractivity contribution in [3.05, 3.63) is 118 Å². The van der Waals surface area contributed by atoms with Crippen molar-refractivity contribution in [1.29, 1.82) is 0 Å². The van der Waals surface area contributed by atoms with Gasteiger partial charge in [0.2, 0.25) is 12.1 Å². The fourth-order valence-corrected chi connectivity index (χ4v) is 11.2. The smallest absolute Gasteiger partial charge is 0.340 e. The van der Waals surface area contributed by atoms with Crippen LogP contribution in [0.1, 0.15) is 98.1 Å². The molecule has 0 radical (unpaired) electrons. The molecule has 4 aliphatic rings. The van der Waals surface area contributed by atoms with Gasteiger partial charge in [-0.1, -0.05) is 102 Å². The van der Waals surface area contributed by atoms with Gasteiger partial charge in [0, 0.05) is 12.8 Å². The number of hydrogen-bond donors (Lipinski definition) is 0. The summed E-state index contributed by atoms with van der Waals surface area (Å²) in [5.41, 5.74) is 7.61. The van der Waals surface area contributed by atoms with Crippen molar-refractivity contribution >= 4 is 31.0 Å². The van der Waals surface area contributed by atoms with E-state index < -0.39 is 6.03 Å². The van der Waals surface area contributed by atoms with Crippen molar-refractivity contribution in [3.8, 4) is 11.5 Å². The maximum Gasteiger partial charge on any atom is 0.704 e. The van der Waals surface area contributed by atoms with E-state index in [1.807, 2.05) is 0 Å². The van der Waals surface area contributed by atoms with Crippen LogP contribution in [0, 0.1) is 13.8 Å². The highest BCUT2D eigenvalue weighted by atomic mass is 31.1. The molecule has 1 saturated carbocycles. The first-order chi connectivity index (χ1) is 24.0. The fourth-order valence-electron chi connectivity index (χ4n) is 8.76. The van der Waals surface area contributed by atoms with Crippen molar-refractivity contribution in [2.45, 2.75) is 110 Å². The highest BCUT2D eigenvalue weighted by Gasteiger charge is 2.76. The van der Waals surface area contributed by atoms with Crippen LogP contribution in [0.3, 0.4) is 0 Å². The van der Waals surface area contributed by atoms with Crippen molar-refractivity contribution in [3.63, 3.8) is 0 Å². The zero-order valence-electron chi connectivity index (χ0n) is 29.5. The number of aryl methyl sites for hydroxylation is 4. The van der Waals surface area contributed by atoms with E-state index in [9.17, 15) is 0 Å². The minimum Gasteiger partial charge on any atom is -0.340 e.